The molecule has 100 valence electrons. The third-order valence-corrected chi connectivity index (χ3v) is 2.53. The van der Waals surface area contributed by atoms with E-state index in [-0.39, 0.29) is 19.1 Å². The van der Waals surface area contributed by atoms with Gasteiger partial charge in [0.1, 0.15) is 0 Å². The van der Waals surface area contributed by atoms with E-state index in [0.29, 0.717) is 11.4 Å². The van der Waals surface area contributed by atoms with Crippen LogP contribution >= 0.6 is 0 Å². The molecular weight excluding hydrogens is 250 g/mol. The van der Waals surface area contributed by atoms with Crippen molar-refractivity contribution in [1.29, 1.82) is 0 Å². The maximum absolute atomic E-state index is 11.8. The molecule has 0 fully saturated rings. The van der Waals surface area contributed by atoms with E-state index in [4.69, 9.17) is 10.2 Å². The van der Waals surface area contributed by atoms with E-state index in [1.165, 1.54) is 0 Å². The number of aromatic amines is 1. The molecule has 0 spiro atoms. The van der Waals surface area contributed by atoms with Gasteiger partial charge in [0, 0.05) is 11.1 Å². The van der Waals surface area contributed by atoms with Crippen molar-refractivity contribution in [2.75, 3.05) is 13.2 Å². The number of H-pyrrole nitrogens is 1. The van der Waals surface area contributed by atoms with Crippen molar-refractivity contribution >= 4 is 5.91 Å². The standard InChI is InChI=1S/C11H13N5O3/c17-5-9(6-18)12-11(19)8-3-1-7(2-4-8)10-13-15-16-14-10/h1-4,9,17-18H,5-6H2,(H,12,19)(H,13,14,15,16). The molecule has 2 aromatic rings. The smallest absolute Gasteiger partial charge is 0.251 e. The van der Waals surface area contributed by atoms with Gasteiger partial charge in [0.25, 0.3) is 5.91 Å². The van der Waals surface area contributed by atoms with Gasteiger partial charge < -0.3 is 15.5 Å². The van der Waals surface area contributed by atoms with Crippen LogP contribution in [0.4, 0.5) is 0 Å². The zero-order chi connectivity index (χ0) is 13.7. The Kier molecular flexibility index (Phi) is 4.16. The summed E-state index contributed by atoms with van der Waals surface area (Å²) in [5.41, 5.74) is 1.14. The van der Waals surface area contributed by atoms with Crippen LogP contribution in [-0.2, 0) is 0 Å². The van der Waals surface area contributed by atoms with Gasteiger partial charge in [-0.05, 0) is 17.3 Å². The molecule has 8 nitrogen and oxygen atoms in total. The van der Waals surface area contributed by atoms with Gasteiger partial charge in [0.15, 0.2) is 0 Å². The zero-order valence-corrected chi connectivity index (χ0v) is 9.95. The summed E-state index contributed by atoms with van der Waals surface area (Å²) in [6.07, 6.45) is 0. The molecule has 0 saturated heterocycles. The van der Waals surface area contributed by atoms with Crippen LogP contribution in [0.15, 0.2) is 24.3 Å². The third kappa shape index (κ3) is 3.12. The largest absolute Gasteiger partial charge is 0.394 e. The number of aliphatic hydroxyl groups excluding tert-OH is 2. The second kappa shape index (κ2) is 6.03. The fraction of sp³-hybridized carbons (Fsp3) is 0.273. The van der Waals surface area contributed by atoms with Crippen molar-refractivity contribution in [3.63, 3.8) is 0 Å². The maximum Gasteiger partial charge on any atom is 0.251 e. The lowest BCUT2D eigenvalue weighted by atomic mass is 10.1. The van der Waals surface area contributed by atoms with Gasteiger partial charge in [-0.25, -0.2) is 0 Å². The van der Waals surface area contributed by atoms with E-state index in [9.17, 15) is 4.79 Å². The number of carbonyl (C=O) groups excluding carboxylic acids is 1. The number of carbonyl (C=O) groups is 1. The number of aromatic nitrogens is 4. The number of hydrogen-bond acceptors (Lipinski definition) is 6. The Labute approximate surface area is 108 Å². The van der Waals surface area contributed by atoms with E-state index in [1.807, 2.05) is 0 Å². The minimum absolute atomic E-state index is 0.316. The summed E-state index contributed by atoms with van der Waals surface area (Å²) in [6, 6.07) is 5.92. The highest BCUT2D eigenvalue weighted by Crippen LogP contribution is 2.13. The number of benzene rings is 1. The van der Waals surface area contributed by atoms with Crippen molar-refractivity contribution in [2.45, 2.75) is 6.04 Å². The Morgan fingerprint density at radius 1 is 1.26 bits per heavy atom. The number of nitrogens with one attached hydrogen (secondary N) is 2. The van der Waals surface area contributed by atoms with Crippen LogP contribution in [0.1, 0.15) is 10.4 Å². The average molecular weight is 263 g/mol. The molecule has 1 heterocycles. The van der Waals surface area contributed by atoms with Crippen LogP contribution in [0.25, 0.3) is 11.4 Å². The summed E-state index contributed by atoms with van der Waals surface area (Å²) < 4.78 is 0. The van der Waals surface area contributed by atoms with Gasteiger partial charge in [-0.1, -0.05) is 12.1 Å². The topological polar surface area (TPSA) is 124 Å². The summed E-state index contributed by atoms with van der Waals surface area (Å²) in [7, 11) is 0. The highest BCUT2D eigenvalue weighted by atomic mass is 16.3. The second-order valence-corrected chi connectivity index (χ2v) is 3.85. The van der Waals surface area contributed by atoms with Gasteiger partial charge in [-0.2, -0.15) is 5.21 Å². The maximum atomic E-state index is 11.8. The highest BCUT2D eigenvalue weighted by Gasteiger charge is 2.12. The number of hydrogen-bond donors (Lipinski definition) is 4. The normalized spacial score (nSPS) is 10.7. The molecule has 1 amide bonds. The zero-order valence-electron chi connectivity index (χ0n) is 9.95. The van der Waals surface area contributed by atoms with Crippen molar-refractivity contribution < 1.29 is 15.0 Å². The lowest BCUT2D eigenvalue weighted by Gasteiger charge is -2.13. The molecule has 0 unspecified atom stereocenters. The Bertz CT molecular complexity index is 522. The molecular formula is C11H13N5O3. The first-order valence-electron chi connectivity index (χ1n) is 5.61. The van der Waals surface area contributed by atoms with Gasteiger partial charge in [-0.15, -0.1) is 10.2 Å². The fourth-order valence-corrected chi connectivity index (χ4v) is 1.47. The summed E-state index contributed by atoms with van der Waals surface area (Å²) in [6.45, 7) is -0.633. The molecule has 19 heavy (non-hydrogen) atoms. The van der Waals surface area contributed by atoms with Crippen LogP contribution in [0.2, 0.25) is 0 Å². The van der Waals surface area contributed by atoms with E-state index in [2.05, 4.69) is 25.9 Å². The van der Waals surface area contributed by atoms with Crippen LogP contribution in [-0.4, -0.2) is 56.0 Å². The van der Waals surface area contributed by atoms with Crippen molar-refractivity contribution in [2.24, 2.45) is 0 Å². The number of tetrazole rings is 1. The molecule has 1 aromatic heterocycles. The predicted octanol–water partition coefficient (Wildman–Crippen LogP) is -1.05. The molecule has 0 bridgehead atoms. The predicted molar refractivity (Wildman–Crippen MR) is 65.0 cm³/mol. The molecule has 4 N–H and O–H groups in total. The highest BCUT2D eigenvalue weighted by molar-refractivity contribution is 5.94. The van der Waals surface area contributed by atoms with Gasteiger partial charge in [0.2, 0.25) is 5.82 Å². The molecule has 1 aromatic carbocycles. The first-order chi connectivity index (χ1) is 9.24. The number of amides is 1. The minimum Gasteiger partial charge on any atom is -0.394 e. The average Bonchev–Trinajstić information content (AvgIpc) is 2.99. The summed E-state index contributed by atoms with van der Waals surface area (Å²) in [5, 5.41) is 33.7. The lowest BCUT2D eigenvalue weighted by molar-refractivity contribution is 0.0879. The van der Waals surface area contributed by atoms with Gasteiger partial charge >= 0.3 is 0 Å². The van der Waals surface area contributed by atoms with Crippen molar-refractivity contribution in [3.8, 4) is 11.4 Å². The molecule has 0 aliphatic carbocycles. The SMILES string of the molecule is O=C(NC(CO)CO)c1ccc(-c2nn[nH]n2)cc1. The Morgan fingerprint density at radius 2 is 1.95 bits per heavy atom. The molecule has 2 rings (SSSR count). The minimum atomic E-state index is -0.663. The lowest BCUT2D eigenvalue weighted by Crippen LogP contribution is -2.40. The van der Waals surface area contributed by atoms with E-state index >= 15 is 0 Å². The third-order valence-electron chi connectivity index (χ3n) is 2.53. The van der Waals surface area contributed by atoms with Crippen molar-refractivity contribution in [3.05, 3.63) is 29.8 Å². The Balaban J connectivity index is 2.08. The number of nitrogens with zero attached hydrogens (tertiary/aromatic N) is 3. The number of rotatable bonds is 5. The van der Waals surface area contributed by atoms with E-state index in [1.54, 1.807) is 24.3 Å². The first kappa shape index (κ1) is 13.1. The molecule has 0 aliphatic heterocycles. The summed E-state index contributed by atoms with van der Waals surface area (Å²) in [4.78, 5) is 11.8. The molecule has 0 atom stereocenters. The number of aliphatic hydroxyl groups is 2. The Morgan fingerprint density at radius 3 is 2.47 bits per heavy atom. The first-order valence-corrected chi connectivity index (χ1v) is 5.61. The molecule has 8 heteroatoms. The monoisotopic (exact) mass is 263 g/mol. The van der Waals surface area contributed by atoms with Crippen LogP contribution in [0.3, 0.4) is 0 Å². The van der Waals surface area contributed by atoms with Crippen LogP contribution in [0, 0.1) is 0 Å². The van der Waals surface area contributed by atoms with Gasteiger partial charge in [-0.3, -0.25) is 4.79 Å². The quantitative estimate of drug-likeness (QED) is 0.545. The fourth-order valence-electron chi connectivity index (χ4n) is 1.47. The van der Waals surface area contributed by atoms with Crippen LogP contribution in [0.5, 0.6) is 0 Å². The molecule has 0 saturated carbocycles. The Hall–Kier alpha value is -2.32. The van der Waals surface area contributed by atoms with E-state index < -0.39 is 6.04 Å². The van der Waals surface area contributed by atoms with E-state index in [0.717, 1.165) is 5.56 Å². The second-order valence-electron chi connectivity index (χ2n) is 3.85. The molecule has 0 radical (unpaired) electrons. The van der Waals surface area contributed by atoms with Crippen molar-refractivity contribution in [1.82, 2.24) is 25.9 Å². The van der Waals surface area contributed by atoms with Crippen LogP contribution < -0.4 is 5.32 Å². The summed E-state index contributed by atoms with van der Waals surface area (Å²) in [5.74, 6) is 0.0725. The van der Waals surface area contributed by atoms with Gasteiger partial charge in [0.05, 0.1) is 19.3 Å². The molecule has 0 aliphatic rings. The summed E-state index contributed by atoms with van der Waals surface area (Å²) >= 11 is 0.